The Labute approximate surface area is 196 Å². The highest BCUT2D eigenvalue weighted by molar-refractivity contribution is 7.90. The molecule has 0 unspecified atom stereocenters. The molecule has 0 aliphatic rings. The number of aromatic nitrogens is 1. The van der Waals surface area contributed by atoms with Gasteiger partial charge in [0.2, 0.25) is 0 Å². The number of aryl methyl sites for hydroxylation is 1. The fourth-order valence-electron chi connectivity index (χ4n) is 3.52. The maximum Gasteiger partial charge on any atom is 0.293 e. The minimum atomic E-state index is -3.57. The molecule has 0 saturated heterocycles. The second kappa shape index (κ2) is 9.63. The van der Waals surface area contributed by atoms with E-state index in [4.69, 9.17) is 11.6 Å². The number of anilines is 1. The molecule has 0 fully saturated rings. The van der Waals surface area contributed by atoms with Crippen LogP contribution < -0.4 is 10.6 Å². The molecule has 1 aromatic heterocycles. The topological polar surface area (TPSA) is 123 Å². The summed E-state index contributed by atoms with van der Waals surface area (Å²) in [5, 5.41) is 17.6. The van der Waals surface area contributed by atoms with Gasteiger partial charge < -0.3 is 15.2 Å². The van der Waals surface area contributed by atoms with E-state index < -0.39 is 14.8 Å². The van der Waals surface area contributed by atoms with Crippen LogP contribution >= 0.6 is 11.6 Å². The van der Waals surface area contributed by atoms with Crippen LogP contribution in [0.4, 0.5) is 11.4 Å². The minimum absolute atomic E-state index is 0.136. The number of nitrogens with zero attached hydrogens (tertiary/aromatic N) is 2. The Bertz CT molecular complexity index is 1330. The van der Waals surface area contributed by atoms with Crippen LogP contribution in [0.5, 0.6) is 0 Å². The third kappa shape index (κ3) is 5.52. The number of rotatable bonds is 8. The highest BCUT2D eigenvalue weighted by atomic mass is 35.5. The normalized spacial score (nSPS) is 11.3. The number of halogens is 1. The number of carbonyl (C=O) groups excluding carboxylic acids is 1. The molecule has 0 bridgehead atoms. The summed E-state index contributed by atoms with van der Waals surface area (Å²) in [5.41, 5.74) is 2.81. The summed E-state index contributed by atoms with van der Waals surface area (Å²) >= 11 is 6.09. The first-order valence-corrected chi connectivity index (χ1v) is 12.2. The van der Waals surface area contributed by atoms with Crippen molar-refractivity contribution < 1.29 is 18.1 Å². The fourth-order valence-corrected chi connectivity index (χ4v) is 4.34. The van der Waals surface area contributed by atoms with Gasteiger partial charge in [0.15, 0.2) is 9.84 Å². The molecule has 0 saturated carbocycles. The number of benzene rings is 2. The van der Waals surface area contributed by atoms with Crippen molar-refractivity contribution in [2.45, 2.75) is 18.7 Å². The van der Waals surface area contributed by atoms with E-state index in [1.807, 2.05) is 36.6 Å². The Kier molecular flexibility index (Phi) is 7.09. The van der Waals surface area contributed by atoms with Crippen molar-refractivity contribution in [2.75, 3.05) is 24.7 Å². The monoisotopic (exact) mass is 490 g/mol. The zero-order chi connectivity index (χ0) is 24.3. The molecule has 174 valence electrons. The summed E-state index contributed by atoms with van der Waals surface area (Å²) in [4.78, 5) is 23.3. The summed E-state index contributed by atoms with van der Waals surface area (Å²) in [5.74, 6) is -0.278. The predicted molar refractivity (Wildman–Crippen MR) is 127 cm³/mol. The molecule has 2 N–H and O–H groups in total. The first-order valence-electron chi connectivity index (χ1n) is 9.94. The van der Waals surface area contributed by atoms with E-state index in [0.717, 1.165) is 29.4 Å². The summed E-state index contributed by atoms with van der Waals surface area (Å²) < 4.78 is 25.2. The van der Waals surface area contributed by atoms with Crippen molar-refractivity contribution in [3.63, 3.8) is 0 Å². The van der Waals surface area contributed by atoms with E-state index in [2.05, 4.69) is 10.6 Å². The molecule has 1 heterocycles. The lowest BCUT2D eigenvalue weighted by Crippen LogP contribution is -2.29. The highest BCUT2D eigenvalue weighted by Gasteiger charge is 2.19. The second-order valence-corrected chi connectivity index (χ2v) is 9.94. The van der Waals surface area contributed by atoms with Gasteiger partial charge in [0.1, 0.15) is 5.69 Å². The molecule has 0 spiro atoms. The van der Waals surface area contributed by atoms with Crippen LogP contribution in [-0.4, -0.2) is 43.2 Å². The molecule has 0 atom stereocenters. The van der Waals surface area contributed by atoms with Crippen molar-refractivity contribution >= 4 is 38.7 Å². The number of nitro groups is 1. The number of nitrogens with one attached hydrogen (secondary N) is 2. The minimum Gasteiger partial charge on any atom is -0.378 e. The number of amides is 1. The van der Waals surface area contributed by atoms with Gasteiger partial charge in [-0.2, -0.15) is 0 Å². The Morgan fingerprint density at radius 3 is 2.48 bits per heavy atom. The summed E-state index contributed by atoms with van der Waals surface area (Å²) in [7, 11) is -3.57. The first kappa shape index (κ1) is 24.3. The molecule has 3 rings (SSSR count). The van der Waals surface area contributed by atoms with Crippen molar-refractivity contribution in [1.29, 1.82) is 0 Å². The van der Waals surface area contributed by atoms with Crippen molar-refractivity contribution in [2.24, 2.45) is 0 Å². The van der Waals surface area contributed by atoms with Crippen molar-refractivity contribution in [3.8, 4) is 5.69 Å². The van der Waals surface area contributed by atoms with E-state index in [1.54, 1.807) is 12.1 Å². The van der Waals surface area contributed by atoms with Gasteiger partial charge in [-0.25, -0.2) is 8.42 Å². The van der Waals surface area contributed by atoms with Crippen LogP contribution in [0.25, 0.3) is 5.69 Å². The molecule has 3 aromatic rings. The predicted octanol–water partition coefficient (Wildman–Crippen LogP) is 3.90. The third-order valence-corrected chi connectivity index (χ3v) is 6.41. The molecule has 11 heteroatoms. The zero-order valence-electron chi connectivity index (χ0n) is 18.3. The lowest BCUT2D eigenvalue weighted by atomic mass is 10.2. The van der Waals surface area contributed by atoms with E-state index in [-0.39, 0.29) is 35.3 Å². The van der Waals surface area contributed by atoms with Crippen molar-refractivity contribution in [1.82, 2.24) is 9.88 Å². The van der Waals surface area contributed by atoms with Gasteiger partial charge in [-0.15, -0.1) is 0 Å². The SMILES string of the molecule is Cc1cc(C(=O)NCCNc2ccc(S(C)(=O)=O)cc2[N+](=O)[O-])c(C)n1-c1cccc(Cl)c1. The van der Waals surface area contributed by atoms with Crippen LogP contribution in [0.15, 0.2) is 53.4 Å². The van der Waals surface area contributed by atoms with Crippen LogP contribution in [0.1, 0.15) is 21.7 Å². The van der Waals surface area contributed by atoms with Crippen LogP contribution in [0.2, 0.25) is 5.02 Å². The maximum atomic E-state index is 12.7. The van der Waals surface area contributed by atoms with Crippen LogP contribution in [0, 0.1) is 24.0 Å². The molecular formula is C22H23ClN4O5S. The van der Waals surface area contributed by atoms with Gasteiger partial charge in [0.25, 0.3) is 11.6 Å². The lowest BCUT2D eigenvalue weighted by Gasteiger charge is -2.11. The standard InChI is InChI=1S/C22H23ClN4O5S/c1-14-11-19(15(2)26(14)17-6-4-5-16(23)12-17)22(28)25-10-9-24-20-8-7-18(33(3,31)32)13-21(20)27(29)30/h4-8,11-13,24H,9-10H2,1-3H3,(H,25,28). The molecule has 2 aromatic carbocycles. The maximum absolute atomic E-state index is 12.7. The first-order chi connectivity index (χ1) is 15.5. The van der Waals surface area contributed by atoms with E-state index in [9.17, 15) is 23.3 Å². The van der Waals surface area contributed by atoms with Gasteiger partial charge in [0, 0.05) is 47.5 Å². The van der Waals surface area contributed by atoms with E-state index in [0.29, 0.717) is 10.6 Å². The molecule has 0 aliphatic heterocycles. The van der Waals surface area contributed by atoms with Gasteiger partial charge in [0.05, 0.1) is 15.4 Å². The number of hydrogen-bond donors (Lipinski definition) is 2. The average Bonchev–Trinajstić information content (AvgIpc) is 3.04. The second-order valence-electron chi connectivity index (χ2n) is 7.49. The van der Waals surface area contributed by atoms with Crippen LogP contribution in [-0.2, 0) is 9.84 Å². The smallest absolute Gasteiger partial charge is 0.293 e. The number of carbonyl (C=O) groups is 1. The summed E-state index contributed by atoms with van der Waals surface area (Å²) in [6.45, 7) is 4.14. The zero-order valence-corrected chi connectivity index (χ0v) is 19.8. The fraction of sp³-hybridized carbons (Fsp3) is 0.227. The van der Waals surface area contributed by atoms with E-state index in [1.165, 1.54) is 12.1 Å². The molecule has 33 heavy (non-hydrogen) atoms. The third-order valence-electron chi connectivity index (χ3n) is 5.06. The number of nitro benzene ring substituents is 1. The number of sulfone groups is 1. The Morgan fingerprint density at radius 2 is 1.85 bits per heavy atom. The Hall–Kier alpha value is -3.37. The quantitative estimate of drug-likeness (QED) is 0.280. The summed E-state index contributed by atoms with van der Waals surface area (Å²) in [6.07, 6.45) is 0.984. The molecule has 0 aliphatic carbocycles. The Morgan fingerprint density at radius 1 is 1.12 bits per heavy atom. The molecule has 1 amide bonds. The molecule has 9 nitrogen and oxygen atoms in total. The van der Waals surface area contributed by atoms with Gasteiger partial charge in [-0.05, 0) is 50.2 Å². The largest absolute Gasteiger partial charge is 0.378 e. The van der Waals surface area contributed by atoms with Crippen molar-refractivity contribution in [3.05, 3.63) is 80.6 Å². The Balaban J connectivity index is 1.67. The molecule has 0 radical (unpaired) electrons. The average molecular weight is 491 g/mol. The lowest BCUT2D eigenvalue weighted by molar-refractivity contribution is -0.384. The number of hydrogen-bond acceptors (Lipinski definition) is 6. The van der Waals surface area contributed by atoms with E-state index >= 15 is 0 Å². The van der Waals surface area contributed by atoms with Gasteiger partial charge in [-0.1, -0.05) is 17.7 Å². The van der Waals surface area contributed by atoms with Gasteiger partial charge in [-0.3, -0.25) is 14.9 Å². The summed E-state index contributed by atoms with van der Waals surface area (Å²) in [6, 6.07) is 12.8. The molecular weight excluding hydrogens is 468 g/mol. The highest BCUT2D eigenvalue weighted by Crippen LogP contribution is 2.27. The van der Waals surface area contributed by atoms with Gasteiger partial charge >= 0.3 is 0 Å². The van der Waals surface area contributed by atoms with Crippen LogP contribution in [0.3, 0.4) is 0 Å².